The van der Waals surface area contributed by atoms with E-state index in [1.165, 1.54) is 24.5 Å². The van der Waals surface area contributed by atoms with Crippen molar-refractivity contribution < 1.29 is 67.9 Å². The maximum Gasteiger partial charge on any atom is 0.280 e. The van der Waals surface area contributed by atoms with Gasteiger partial charge in [0.1, 0.15) is 81.6 Å². The van der Waals surface area contributed by atoms with Crippen LogP contribution < -0.4 is 67.9 Å². The number of rotatable bonds is 14. The summed E-state index contributed by atoms with van der Waals surface area (Å²) in [5, 5.41) is 0. The summed E-state index contributed by atoms with van der Waals surface area (Å²) in [5.74, 6) is 8.28. The van der Waals surface area contributed by atoms with E-state index in [9.17, 15) is 0 Å². The summed E-state index contributed by atoms with van der Waals surface area (Å²) in [7, 11) is 10.3. The molecule has 0 aliphatic carbocycles. The monoisotopic (exact) mass is 894 g/mol. The fraction of sp³-hybridized carbons (Fsp3) is 0.475. The van der Waals surface area contributed by atoms with Crippen molar-refractivity contribution in [2.45, 2.75) is 78.6 Å². The zero-order valence-electron chi connectivity index (χ0n) is 34.7. The van der Waals surface area contributed by atoms with Crippen LogP contribution in [0, 0.1) is 0 Å². The van der Waals surface area contributed by atoms with Gasteiger partial charge in [0.05, 0.1) is 40.0 Å². The number of hydrogen-bond acceptors (Lipinski definition) is 1. The van der Waals surface area contributed by atoms with Gasteiger partial charge in [0.15, 0.2) is 0 Å². The molecule has 0 spiro atoms. The highest BCUT2D eigenvalue weighted by Crippen LogP contribution is 2.17. The van der Waals surface area contributed by atoms with Gasteiger partial charge in [0, 0.05) is 43.4 Å². The molecule has 0 aromatic carbocycles. The van der Waals surface area contributed by atoms with Gasteiger partial charge in [-0.2, -0.15) is 0 Å². The Bertz CT molecular complexity index is 1710. The maximum absolute atomic E-state index is 5.05. The predicted octanol–water partition coefficient (Wildman–Crippen LogP) is -5.87. The van der Waals surface area contributed by atoms with Gasteiger partial charge in [-0.25, -0.2) is 41.5 Å². The average Bonchev–Trinajstić information content (AvgIpc) is 3.98. The lowest BCUT2D eigenvalue weighted by atomic mass is 10.1. The first-order valence-corrected chi connectivity index (χ1v) is 19.1. The van der Waals surface area contributed by atoms with Crippen molar-refractivity contribution in [2.24, 2.45) is 35.2 Å². The fourth-order valence-electron chi connectivity index (χ4n) is 6.05. The summed E-state index contributed by atoms with van der Waals surface area (Å²) in [6, 6.07) is 0. The second kappa shape index (κ2) is 30.1. The fourth-order valence-corrected chi connectivity index (χ4v) is 6.05. The Morgan fingerprint density at radius 1 is 0.589 bits per heavy atom. The number of aryl methyl sites for hydroxylation is 9. The van der Waals surface area contributed by atoms with Crippen molar-refractivity contribution in [3.63, 3.8) is 0 Å². The van der Waals surface area contributed by atoms with Gasteiger partial charge >= 0.3 is 0 Å². The molecule has 0 fully saturated rings. The van der Waals surface area contributed by atoms with E-state index in [0.717, 1.165) is 43.7 Å². The minimum absolute atomic E-state index is 0. The molecule has 0 bridgehead atoms. The molecule has 0 radical (unpaired) electrons. The molecule has 0 aliphatic heterocycles. The molecule has 2 atom stereocenters. The van der Waals surface area contributed by atoms with Crippen LogP contribution in [0.15, 0.2) is 81.7 Å². The Balaban J connectivity index is -0.000000742. The Morgan fingerprint density at radius 2 is 0.929 bits per heavy atom. The van der Waals surface area contributed by atoms with E-state index in [0.29, 0.717) is 23.6 Å². The largest absolute Gasteiger partial charge is 1.00 e. The summed E-state index contributed by atoms with van der Waals surface area (Å²) in [4.78, 5) is 3.98. The van der Waals surface area contributed by atoms with Crippen molar-refractivity contribution in [3.8, 4) is 0 Å². The average molecular weight is 898 g/mol. The van der Waals surface area contributed by atoms with Crippen molar-refractivity contribution in [3.05, 3.63) is 111 Å². The maximum atomic E-state index is 5.05. The van der Waals surface area contributed by atoms with Crippen LogP contribution in [0.25, 0.3) is 18.2 Å². The van der Waals surface area contributed by atoms with Crippen LogP contribution in [0.5, 0.6) is 0 Å². The zero-order chi connectivity index (χ0) is 38.8. The minimum atomic E-state index is 0. The van der Waals surface area contributed by atoms with Gasteiger partial charge in [0.2, 0.25) is 0 Å². The Kier molecular flexibility index (Phi) is 30.9. The molecule has 5 rings (SSSR count). The SMILES string of the molecule is C=Cc1n(CCn2cc[n+](C)c2C=C)cc[n+]1C.C=Cc1nccn1C.CCC(C)c1n(CCn2cc[n+](C)c2C(C)CC)cc[n+]1C.ClCCCl.[Cl-].[Cl-].[Cl-].[Cl-]. The summed E-state index contributed by atoms with van der Waals surface area (Å²) in [6.07, 6.45) is 28.5. The lowest BCUT2D eigenvalue weighted by Crippen LogP contribution is -3.00. The van der Waals surface area contributed by atoms with Gasteiger partial charge in [-0.1, -0.05) is 47.4 Å². The van der Waals surface area contributed by atoms with Crippen molar-refractivity contribution in [1.82, 2.24) is 27.8 Å². The molecule has 0 amide bonds. The van der Waals surface area contributed by atoms with Gasteiger partial charge in [-0.05, 0) is 18.9 Å². The molecule has 16 heteroatoms. The lowest BCUT2D eigenvalue weighted by Gasteiger charge is -2.10. The van der Waals surface area contributed by atoms with E-state index in [4.69, 9.17) is 23.2 Å². The smallest absolute Gasteiger partial charge is 0.280 e. The molecule has 56 heavy (non-hydrogen) atoms. The van der Waals surface area contributed by atoms with Gasteiger partial charge < -0.3 is 54.2 Å². The quantitative estimate of drug-likeness (QED) is 0.0812. The number of imidazole rings is 5. The second-order valence-corrected chi connectivity index (χ2v) is 13.6. The predicted molar refractivity (Wildman–Crippen MR) is 215 cm³/mol. The minimum Gasteiger partial charge on any atom is -1.00 e. The molecule has 0 aliphatic rings. The highest BCUT2D eigenvalue weighted by molar-refractivity contribution is 6.25. The Hall–Kier alpha value is -2.99. The number of aromatic nitrogens is 10. The van der Waals surface area contributed by atoms with E-state index < -0.39 is 0 Å². The van der Waals surface area contributed by atoms with Crippen LogP contribution in [-0.2, 0) is 61.4 Å². The topological polar surface area (TPSA) is 53.1 Å². The first-order chi connectivity index (χ1) is 24.9. The van der Waals surface area contributed by atoms with E-state index in [1.54, 1.807) is 12.3 Å². The van der Waals surface area contributed by atoms with Crippen molar-refractivity contribution >= 4 is 41.4 Å². The van der Waals surface area contributed by atoms with Crippen LogP contribution in [0.2, 0.25) is 0 Å². The van der Waals surface area contributed by atoms with E-state index in [2.05, 4.69) is 140 Å². The second-order valence-electron chi connectivity index (χ2n) is 12.8. The Labute approximate surface area is 371 Å². The van der Waals surface area contributed by atoms with Gasteiger partial charge in [-0.15, -0.1) is 23.2 Å². The molecule has 316 valence electrons. The zero-order valence-corrected chi connectivity index (χ0v) is 39.2. The molecule has 0 N–H and O–H groups in total. The summed E-state index contributed by atoms with van der Waals surface area (Å²) < 4.78 is 19.8. The van der Waals surface area contributed by atoms with Crippen molar-refractivity contribution in [2.75, 3.05) is 11.8 Å². The molecule has 5 aromatic heterocycles. The molecular formula is C40H64Cl6N10. The summed E-state index contributed by atoms with van der Waals surface area (Å²) in [5.41, 5.74) is 0. The van der Waals surface area contributed by atoms with Crippen LogP contribution in [-0.4, -0.2) is 39.6 Å². The molecule has 5 heterocycles. The van der Waals surface area contributed by atoms with E-state index in [-0.39, 0.29) is 49.6 Å². The first kappa shape index (κ1) is 57.3. The highest BCUT2D eigenvalue weighted by atomic mass is 35.5. The molecule has 0 saturated heterocycles. The lowest BCUT2D eigenvalue weighted by molar-refractivity contribution is -0.680. The van der Waals surface area contributed by atoms with Crippen LogP contribution in [0.4, 0.5) is 0 Å². The number of nitrogens with zero attached hydrogens (tertiary/aromatic N) is 10. The third kappa shape index (κ3) is 16.5. The number of halogens is 6. The van der Waals surface area contributed by atoms with Gasteiger partial charge in [-0.3, -0.25) is 0 Å². The third-order valence-corrected chi connectivity index (χ3v) is 9.82. The van der Waals surface area contributed by atoms with Crippen molar-refractivity contribution in [1.29, 1.82) is 0 Å². The standard InChI is InChI=1S/C18H32N4.C14H20N4.C6H8N2.C2H4Cl2.4ClH/c1-7-15(3)17-19(5)9-11-21(17)13-14-22-12-10-20(6)18(22)16(4)8-2;1-5-13-15(3)7-9-17(13)11-12-18-10-8-16(4)14(18)6-2;1-3-6-7-4-5-8(6)2;3-1-2-4;;;;/h9-12,15-16H,7-8,13-14H2,1-6H3;5-10H,1-2,11-12H2,3-4H3;3-5H,1H2,2H3;1-2H2;4*1H/q2*+2;;;;;;/p-4. The molecule has 10 nitrogen and oxygen atoms in total. The van der Waals surface area contributed by atoms with E-state index >= 15 is 0 Å². The first-order valence-electron chi connectivity index (χ1n) is 18.1. The van der Waals surface area contributed by atoms with E-state index in [1.807, 2.05) is 56.5 Å². The number of hydrogen-bond donors (Lipinski definition) is 0. The molecule has 5 aromatic rings. The van der Waals surface area contributed by atoms with Gasteiger partial charge in [0.25, 0.3) is 23.3 Å². The normalized spacial score (nSPS) is 10.8. The third-order valence-electron chi connectivity index (χ3n) is 9.25. The summed E-state index contributed by atoms with van der Waals surface area (Å²) >= 11 is 10.1. The Morgan fingerprint density at radius 3 is 1.20 bits per heavy atom. The molecular weight excluding hydrogens is 833 g/mol. The molecule has 0 saturated carbocycles. The van der Waals surface area contributed by atoms with Crippen LogP contribution >= 0.6 is 23.2 Å². The van der Waals surface area contributed by atoms with Crippen LogP contribution in [0.1, 0.15) is 81.5 Å². The summed E-state index contributed by atoms with van der Waals surface area (Å²) in [6.45, 7) is 24.3. The molecule has 2 unspecified atom stereocenters. The number of alkyl halides is 2. The van der Waals surface area contributed by atoms with Crippen LogP contribution in [0.3, 0.4) is 0 Å². The highest BCUT2D eigenvalue weighted by Gasteiger charge is 2.24.